The van der Waals surface area contributed by atoms with E-state index in [-0.39, 0.29) is 11.9 Å². The highest BCUT2D eigenvalue weighted by Gasteiger charge is 2.16. The molecular formula is C14H20O2. The third kappa shape index (κ3) is 2.63. The average Bonchev–Trinajstić information content (AvgIpc) is 2.22. The summed E-state index contributed by atoms with van der Waals surface area (Å²) in [4.78, 5) is 11.9. The van der Waals surface area contributed by atoms with Crippen LogP contribution in [0.4, 0.5) is 0 Å². The Morgan fingerprint density at radius 1 is 1.25 bits per heavy atom. The van der Waals surface area contributed by atoms with Crippen LogP contribution in [0.1, 0.15) is 48.7 Å². The number of aryl methyl sites for hydroxylation is 2. The van der Waals surface area contributed by atoms with Crippen LogP contribution in [-0.4, -0.2) is 11.9 Å². The molecule has 0 aromatic heterocycles. The topological polar surface area (TPSA) is 26.3 Å². The first-order valence-corrected chi connectivity index (χ1v) is 5.77. The molecule has 0 unspecified atom stereocenters. The molecule has 0 amide bonds. The standard InChI is InChI=1S/C14H20O2/c1-6-12(15)13-10(4)7-8-11(5)14(13)16-9(2)3/h7-9H,6H2,1-5H3. The number of rotatable bonds is 4. The van der Waals surface area contributed by atoms with Gasteiger partial charge >= 0.3 is 0 Å². The first-order valence-electron chi connectivity index (χ1n) is 5.77. The predicted octanol–water partition coefficient (Wildman–Crippen LogP) is 3.68. The molecule has 0 saturated heterocycles. The summed E-state index contributed by atoms with van der Waals surface area (Å²) in [6.45, 7) is 9.76. The molecule has 16 heavy (non-hydrogen) atoms. The summed E-state index contributed by atoms with van der Waals surface area (Å²) in [5.41, 5.74) is 2.76. The highest BCUT2D eigenvalue weighted by Crippen LogP contribution is 2.28. The first kappa shape index (κ1) is 12.8. The molecule has 0 radical (unpaired) electrons. The quantitative estimate of drug-likeness (QED) is 0.723. The van der Waals surface area contributed by atoms with Crippen molar-refractivity contribution in [3.05, 3.63) is 28.8 Å². The maximum Gasteiger partial charge on any atom is 0.166 e. The number of ketones is 1. The average molecular weight is 220 g/mol. The predicted molar refractivity (Wildman–Crippen MR) is 66.3 cm³/mol. The Labute approximate surface area is 97.6 Å². The summed E-state index contributed by atoms with van der Waals surface area (Å²) < 4.78 is 5.76. The van der Waals surface area contributed by atoms with Gasteiger partial charge in [0.2, 0.25) is 0 Å². The van der Waals surface area contributed by atoms with Crippen molar-refractivity contribution in [1.82, 2.24) is 0 Å². The van der Waals surface area contributed by atoms with Gasteiger partial charge in [-0.3, -0.25) is 4.79 Å². The van der Waals surface area contributed by atoms with Gasteiger partial charge in [0.15, 0.2) is 5.78 Å². The second kappa shape index (κ2) is 5.15. The zero-order valence-corrected chi connectivity index (χ0v) is 10.8. The molecule has 0 heterocycles. The Morgan fingerprint density at radius 3 is 2.31 bits per heavy atom. The normalized spacial score (nSPS) is 10.6. The summed E-state index contributed by atoms with van der Waals surface area (Å²) >= 11 is 0. The molecule has 1 aromatic rings. The molecule has 0 aliphatic carbocycles. The largest absolute Gasteiger partial charge is 0.490 e. The van der Waals surface area contributed by atoms with Gasteiger partial charge in [-0.15, -0.1) is 0 Å². The maximum absolute atomic E-state index is 11.9. The molecule has 0 spiro atoms. The van der Waals surface area contributed by atoms with E-state index >= 15 is 0 Å². The van der Waals surface area contributed by atoms with Crippen LogP contribution in [0.25, 0.3) is 0 Å². The molecule has 0 N–H and O–H groups in total. The lowest BCUT2D eigenvalue weighted by molar-refractivity contribution is 0.0981. The zero-order valence-electron chi connectivity index (χ0n) is 10.8. The van der Waals surface area contributed by atoms with Crippen molar-refractivity contribution in [1.29, 1.82) is 0 Å². The number of carbonyl (C=O) groups excluding carboxylic acids is 1. The van der Waals surface area contributed by atoms with Crippen molar-refractivity contribution in [3.63, 3.8) is 0 Å². The van der Waals surface area contributed by atoms with E-state index in [1.165, 1.54) is 0 Å². The smallest absolute Gasteiger partial charge is 0.166 e. The van der Waals surface area contributed by atoms with Gasteiger partial charge in [-0.05, 0) is 38.8 Å². The molecule has 2 nitrogen and oxygen atoms in total. The lowest BCUT2D eigenvalue weighted by Gasteiger charge is -2.17. The van der Waals surface area contributed by atoms with Crippen molar-refractivity contribution in [3.8, 4) is 5.75 Å². The maximum atomic E-state index is 11.9. The summed E-state index contributed by atoms with van der Waals surface area (Å²) in [5, 5.41) is 0. The highest BCUT2D eigenvalue weighted by molar-refractivity contribution is 6.00. The van der Waals surface area contributed by atoms with E-state index in [1.54, 1.807) is 0 Å². The molecule has 0 saturated carbocycles. The van der Waals surface area contributed by atoms with Crippen LogP contribution in [0.2, 0.25) is 0 Å². The fourth-order valence-corrected chi connectivity index (χ4v) is 1.70. The summed E-state index contributed by atoms with van der Waals surface area (Å²) in [6, 6.07) is 3.98. The lowest BCUT2D eigenvalue weighted by atomic mass is 9.99. The lowest BCUT2D eigenvalue weighted by Crippen LogP contribution is -2.12. The van der Waals surface area contributed by atoms with Crippen molar-refractivity contribution in [2.24, 2.45) is 0 Å². The van der Waals surface area contributed by atoms with E-state index in [2.05, 4.69) is 0 Å². The number of hydrogen-bond donors (Lipinski definition) is 0. The fourth-order valence-electron chi connectivity index (χ4n) is 1.70. The molecule has 0 atom stereocenters. The first-order chi connectivity index (χ1) is 7.47. The summed E-state index contributed by atoms with van der Waals surface area (Å²) in [7, 11) is 0. The number of benzene rings is 1. The molecule has 1 aromatic carbocycles. The van der Waals surface area contributed by atoms with Gasteiger partial charge < -0.3 is 4.74 Å². The van der Waals surface area contributed by atoms with Gasteiger partial charge in [-0.1, -0.05) is 19.1 Å². The molecular weight excluding hydrogens is 200 g/mol. The SMILES string of the molecule is CCC(=O)c1c(C)ccc(C)c1OC(C)C. The number of ether oxygens (including phenoxy) is 1. The van der Waals surface area contributed by atoms with Gasteiger partial charge in [0.05, 0.1) is 11.7 Å². The van der Waals surface area contributed by atoms with Crippen LogP contribution in [0, 0.1) is 13.8 Å². The molecule has 0 bridgehead atoms. The van der Waals surface area contributed by atoms with E-state index < -0.39 is 0 Å². The van der Waals surface area contributed by atoms with Crippen molar-refractivity contribution in [2.75, 3.05) is 0 Å². The van der Waals surface area contributed by atoms with Crippen LogP contribution in [-0.2, 0) is 0 Å². The number of Topliss-reactive ketones (excluding diaryl/α,β-unsaturated/α-hetero) is 1. The molecule has 88 valence electrons. The summed E-state index contributed by atoms with van der Waals surface area (Å²) in [6.07, 6.45) is 0.600. The van der Waals surface area contributed by atoms with Crippen LogP contribution in [0.15, 0.2) is 12.1 Å². The third-order valence-corrected chi connectivity index (χ3v) is 2.52. The van der Waals surface area contributed by atoms with Crippen LogP contribution >= 0.6 is 0 Å². The van der Waals surface area contributed by atoms with Gasteiger partial charge in [0.25, 0.3) is 0 Å². The van der Waals surface area contributed by atoms with Crippen LogP contribution in [0.3, 0.4) is 0 Å². The molecule has 0 aliphatic heterocycles. The second-order valence-corrected chi connectivity index (χ2v) is 4.35. The fraction of sp³-hybridized carbons (Fsp3) is 0.500. The van der Waals surface area contributed by atoms with Gasteiger partial charge in [-0.25, -0.2) is 0 Å². The molecule has 1 rings (SSSR count). The van der Waals surface area contributed by atoms with Crippen molar-refractivity contribution < 1.29 is 9.53 Å². The van der Waals surface area contributed by atoms with Gasteiger partial charge in [-0.2, -0.15) is 0 Å². The molecule has 2 heteroatoms. The number of hydrogen-bond acceptors (Lipinski definition) is 2. The second-order valence-electron chi connectivity index (χ2n) is 4.35. The highest BCUT2D eigenvalue weighted by atomic mass is 16.5. The van der Waals surface area contributed by atoms with E-state index in [0.717, 1.165) is 22.4 Å². The van der Waals surface area contributed by atoms with E-state index in [0.29, 0.717) is 6.42 Å². The van der Waals surface area contributed by atoms with Crippen molar-refractivity contribution in [2.45, 2.75) is 47.1 Å². The molecule has 0 fully saturated rings. The van der Waals surface area contributed by atoms with Gasteiger partial charge in [0, 0.05) is 6.42 Å². The van der Waals surface area contributed by atoms with E-state index in [9.17, 15) is 4.79 Å². The minimum atomic E-state index is 0.0870. The minimum Gasteiger partial charge on any atom is -0.490 e. The van der Waals surface area contributed by atoms with E-state index in [1.807, 2.05) is 46.8 Å². The number of carbonyl (C=O) groups is 1. The minimum absolute atomic E-state index is 0.0870. The Kier molecular flexibility index (Phi) is 4.11. The Morgan fingerprint density at radius 2 is 1.81 bits per heavy atom. The molecule has 0 aliphatic rings. The van der Waals surface area contributed by atoms with E-state index in [4.69, 9.17) is 4.74 Å². The Hall–Kier alpha value is -1.31. The Balaban J connectivity index is 3.31. The summed E-state index contributed by atoms with van der Waals surface area (Å²) in [5.74, 6) is 0.902. The third-order valence-electron chi connectivity index (χ3n) is 2.52. The van der Waals surface area contributed by atoms with Crippen LogP contribution in [0.5, 0.6) is 5.75 Å². The van der Waals surface area contributed by atoms with Crippen molar-refractivity contribution >= 4 is 5.78 Å². The monoisotopic (exact) mass is 220 g/mol. The van der Waals surface area contributed by atoms with Gasteiger partial charge in [0.1, 0.15) is 5.75 Å². The van der Waals surface area contributed by atoms with Crippen LogP contribution < -0.4 is 4.74 Å². The Bertz CT molecular complexity index is 392. The zero-order chi connectivity index (χ0) is 12.3.